The molecular formula is C17H24N4OS. The fraction of sp³-hybridized carbons (Fsp3) is 0.529. The Morgan fingerprint density at radius 2 is 2.26 bits per heavy atom. The molecule has 0 aliphatic carbocycles. The second-order valence-electron chi connectivity index (χ2n) is 6.51. The van der Waals surface area contributed by atoms with Crippen molar-refractivity contribution in [1.82, 2.24) is 19.6 Å². The van der Waals surface area contributed by atoms with Crippen LogP contribution in [0.1, 0.15) is 17.5 Å². The third kappa shape index (κ3) is 3.64. The topological polar surface area (TPSA) is 41.4 Å². The van der Waals surface area contributed by atoms with Gasteiger partial charge in [0, 0.05) is 25.8 Å². The molecule has 5 nitrogen and oxygen atoms in total. The second kappa shape index (κ2) is 6.84. The standard InChI is InChI=1S/C17H24N4OS/c1-19(2)15-4-6-21(17(22)9-13-5-7-23-12-13)16(15)8-14-10-18-20(3)11-14/h5,7,10-12,15-16H,4,6,8-9H2,1-3H3/t15-,16+/m1/s1. The molecule has 1 fully saturated rings. The van der Waals surface area contributed by atoms with Crippen molar-refractivity contribution in [1.29, 1.82) is 0 Å². The molecule has 2 aromatic heterocycles. The van der Waals surface area contributed by atoms with Gasteiger partial charge < -0.3 is 9.80 Å². The molecule has 0 unspecified atom stereocenters. The summed E-state index contributed by atoms with van der Waals surface area (Å²) < 4.78 is 1.83. The van der Waals surface area contributed by atoms with Crippen LogP contribution in [0.2, 0.25) is 0 Å². The van der Waals surface area contributed by atoms with Crippen LogP contribution in [0.4, 0.5) is 0 Å². The van der Waals surface area contributed by atoms with Crippen molar-refractivity contribution in [2.24, 2.45) is 7.05 Å². The van der Waals surface area contributed by atoms with E-state index in [-0.39, 0.29) is 11.9 Å². The van der Waals surface area contributed by atoms with Gasteiger partial charge in [0.15, 0.2) is 0 Å². The third-order valence-electron chi connectivity index (χ3n) is 4.63. The number of amides is 1. The summed E-state index contributed by atoms with van der Waals surface area (Å²) in [6.07, 6.45) is 6.37. The van der Waals surface area contributed by atoms with E-state index in [1.54, 1.807) is 11.3 Å². The van der Waals surface area contributed by atoms with Gasteiger partial charge in [-0.25, -0.2) is 0 Å². The van der Waals surface area contributed by atoms with Crippen LogP contribution in [-0.2, 0) is 24.7 Å². The monoisotopic (exact) mass is 332 g/mol. The molecule has 1 aliphatic rings. The first-order chi connectivity index (χ1) is 11.0. The number of carbonyl (C=O) groups excluding carboxylic acids is 1. The van der Waals surface area contributed by atoms with Crippen LogP contribution in [0, 0.1) is 0 Å². The van der Waals surface area contributed by atoms with Gasteiger partial charge in [0.2, 0.25) is 5.91 Å². The van der Waals surface area contributed by atoms with E-state index in [1.807, 2.05) is 35.6 Å². The minimum Gasteiger partial charge on any atom is -0.337 e. The van der Waals surface area contributed by atoms with E-state index >= 15 is 0 Å². The molecule has 0 saturated carbocycles. The SMILES string of the molecule is CN(C)[C@@H]1CCN(C(=O)Cc2ccsc2)[C@H]1Cc1cnn(C)c1. The van der Waals surface area contributed by atoms with E-state index in [0.29, 0.717) is 12.5 Å². The lowest BCUT2D eigenvalue weighted by Gasteiger charge is -2.31. The van der Waals surface area contributed by atoms with Gasteiger partial charge in [-0.3, -0.25) is 9.48 Å². The molecule has 1 aliphatic heterocycles. The number of carbonyl (C=O) groups is 1. The van der Waals surface area contributed by atoms with Crippen molar-refractivity contribution in [2.45, 2.75) is 31.3 Å². The number of aryl methyl sites for hydroxylation is 1. The Bertz CT molecular complexity index is 649. The normalized spacial score (nSPS) is 21.3. The van der Waals surface area contributed by atoms with Crippen LogP contribution >= 0.6 is 11.3 Å². The lowest BCUT2D eigenvalue weighted by atomic mass is 10.0. The quantitative estimate of drug-likeness (QED) is 0.838. The highest BCUT2D eigenvalue weighted by Gasteiger charge is 2.38. The summed E-state index contributed by atoms with van der Waals surface area (Å²) in [5.41, 5.74) is 2.31. The maximum Gasteiger partial charge on any atom is 0.227 e. The number of hydrogen-bond acceptors (Lipinski definition) is 4. The molecule has 2 atom stereocenters. The largest absolute Gasteiger partial charge is 0.337 e. The van der Waals surface area contributed by atoms with Crippen LogP contribution in [-0.4, -0.2) is 58.2 Å². The highest BCUT2D eigenvalue weighted by atomic mass is 32.1. The first-order valence-electron chi connectivity index (χ1n) is 7.99. The average molecular weight is 332 g/mol. The zero-order valence-electron chi connectivity index (χ0n) is 14.0. The lowest BCUT2D eigenvalue weighted by Crippen LogP contribution is -2.46. The minimum absolute atomic E-state index is 0.223. The fourth-order valence-corrected chi connectivity index (χ4v) is 4.15. The molecular weight excluding hydrogens is 308 g/mol. The summed E-state index contributed by atoms with van der Waals surface area (Å²) in [5.74, 6) is 0.238. The molecule has 1 saturated heterocycles. The maximum atomic E-state index is 12.8. The molecule has 23 heavy (non-hydrogen) atoms. The van der Waals surface area contributed by atoms with E-state index in [4.69, 9.17) is 0 Å². The van der Waals surface area contributed by atoms with Crippen LogP contribution in [0.15, 0.2) is 29.2 Å². The Labute approximate surface area is 141 Å². The Morgan fingerprint density at radius 1 is 1.43 bits per heavy atom. The number of hydrogen-bond donors (Lipinski definition) is 0. The van der Waals surface area contributed by atoms with E-state index in [2.05, 4.69) is 34.4 Å². The molecule has 0 aromatic carbocycles. The molecule has 2 aromatic rings. The Balaban J connectivity index is 1.75. The summed E-state index contributed by atoms with van der Waals surface area (Å²) in [5, 5.41) is 8.35. The van der Waals surface area contributed by atoms with Crippen molar-refractivity contribution < 1.29 is 4.79 Å². The van der Waals surface area contributed by atoms with Crippen molar-refractivity contribution in [2.75, 3.05) is 20.6 Å². The van der Waals surface area contributed by atoms with Gasteiger partial charge in [0.05, 0.1) is 18.7 Å². The van der Waals surface area contributed by atoms with Gasteiger partial charge >= 0.3 is 0 Å². The summed E-state index contributed by atoms with van der Waals surface area (Å²) in [7, 11) is 6.14. The number of likely N-dealkylation sites (N-methyl/N-ethyl adjacent to an activating group) is 1. The molecule has 0 N–H and O–H groups in total. The predicted molar refractivity (Wildman–Crippen MR) is 92.5 cm³/mol. The summed E-state index contributed by atoms with van der Waals surface area (Å²) in [4.78, 5) is 17.1. The van der Waals surface area contributed by atoms with Crippen LogP contribution < -0.4 is 0 Å². The molecule has 1 amide bonds. The Hall–Kier alpha value is -1.66. The van der Waals surface area contributed by atoms with Gasteiger partial charge in [0.1, 0.15) is 0 Å². The maximum absolute atomic E-state index is 12.8. The van der Waals surface area contributed by atoms with E-state index in [9.17, 15) is 4.79 Å². The van der Waals surface area contributed by atoms with Crippen LogP contribution in [0.5, 0.6) is 0 Å². The zero-order chi connectivity index (χ0) is 16.4. The van der Waals surface area contributed by atoms with E-state index in [1.165, 1.54) is 5.56 Å². The number of thiophene rings is 1. The van der Waals surface area contributed by atoms with Gasteiger partial charge in [-0.1, -0.05) is 0 Å². The van der Waals surface area contributed by atoms with E-state index < -0.39 is 0 Å². The molecule has 3 heterocycles. The molecule has 0 radical (unpaired) electrons. The first-order valence-corrected chi connectivity index (χ1v) is 8.93. The summed E-state index contributed by atoms with van der Waals surface area (Å²) in [6, 6.07) is 2.67. The average Bonchev–Trinajstić information content (AvgIpc) is 3.20. The molecule has 124 valence electrons. The fourth-order valence-electron chi connectivity index (χ4n) is 3.48. The molecule has 6 heteroatoms. The Morgan fingerprint density at radius 3 is 2.87 bits per heavy atom. The zero-order valence-corrected chi connectivity index (χ0v) is 14.8. The second-order valence-corrected chi connectivity index (χ2v) is 7.29. The molecule has 0 bridgehead atoms. The molecule has 0 spiro atoms. The summed E-state index contributed by atoms with van der Waals surface area (Å²) in [6.45, 7) is 0.844. The Kier molecular flexibility index (Phi) is 4.82. The van der Waals surface area contributed by atoms with Gasteiger partial charge in [-0.2, -0.15) is 16.4 Å². The number of aromatic nitrogens is 2. The van der Waals surface area contributed by atoms with Gasteiger partial charge in [0.25, 0.3) is 0 Å². The molecule has 3 rings (SSSR count). The van der Waals surface area contributed by atoms with Crippen LogP contribution in [0.25, 0.3) is 0 Å². The smallest absolute Gasteiger partial charge is 0.227 e. The first kappa shape index (κ1) is 16.2. The highest BCUT2D eigenvalue weighted by molar-refractivity contribution is 7.07. The highest BCUT2D eigenvalue weighted by Crippen LogP contribution is 2.26. The van der Waals surface area contributed by atoms with Crippen molar-refractivity contribution >= 4 is 17.2 Å². The van der Waals surface area contributed by atoms with Gasteiger partial charge in [-0.05, 0) is 54.9 Å². The third-order valence-corrected chi connectivity index (χ3v) is 5.36. The van der Waals surface area contributed by atoms with Crippen molar-refractivity contribution in [3.8, 4) is 0 Å². The predicted octanol–water partition coefficient (Wildman–Crippen LogP) is 1.80. The number of nitrogens with zero attached hydrogens (tertiary/aromatic N) is 4. The number of likely N-dealkylation sites (tertiary alicyclic amines) is 1. The summed E-state index contributed by atoms with van der Waals surface area (Å²) >= 11 is 1.65. The van der Waals surface area contributed by atoms with Gasteiger partial charge in [-0.15, -0.1) is 0 Å². The van der Waals surface area contributed by atoms with E-state index in [0.717, 1.165) is 24.9 Å². The van der Waals surface area contributed by atoms with Crippen molar-refractivity contribution in [3.63, 3.8) is 0 Å². The van der Waals surface area contributed by atoms with Crippen LogP contribution in [0.3, 0.4) is 0 Å². The minimum atomic E-state index is 0.223. The lowest BCUT2D eigenvalue weighted by molar-refractivity contribution is -0.131. The van der Waals surface area contributed by atoms with Crippen molar-refractivity contribution in [3.05, 3.63) is 40.3 Å². The number of rotatable bonds is 5.